The van der Waals surface area contributed by atoms with Crippen LogP contribution in [0.1, 0.15) is 36.5 Å². The molecule has 2 aromatic rings. The lowest BCUT2D eigenvalue weighted by molar-refractivity contribution is 0.341. The average Bonchev–Trinajstić information content (AvgIpc) is 2.49. The third-order valence-corrected chi connectivity index (χ3v) is 4.93. The highest BCUT2D eigenvalue weighted by Gasteiger charge is 2.16. The fourth-order valence-corrected chi connectivity index (χ4v) is 3.10. The normalized spacial score (nSPS) is 11.0. The van der Waals surface area contributed by atoms with Gasteiger partial charge in [0.25, 0.3) is 0 Å². The van der Waals surface area contributed by atoms with E-state index in [2.05, 4.69) is 74.0 Å². The Morgan fingerprint density at radius 2 is 1.73 bits per heavy atom. The van der Waals surface area contributed by atoms with Crippen LogP contribution < -0.4 is 4.74 Å². The van der Waals surface area contributed by atoms with Crippen LogP contribution in [0, 0.1) is 13.8 Å². The van der Waals surface area contributed by atoms with E-state index in [0.29, 0.717) is 18.4 Å². The molecule has 0 radical (unpaired) electrons. The summed E-state index contributed by atoms with van der Waals surface area (Å²) in [4.78, 5) is 0. The Hall–Kier alpha value is -0.990. The zero-order chi connectivity index (χ0) is 16.3. The Balaban J connectivity index is 2.55. The number of benzene rings is 2. The second-order valence-electron chi connectivity index (χ2n) is 5.84. The van der Waals surface area contributed by atoms with E-state index in [1.807, 2.05) is 0 Å². The topological polar surface area (TPSA) is 9.23 Å². The number of hydrogen-bond donors (Lipinski definition) is 0. The van der Waals surface area contributed by atoms with E-state index in [0.717, 1.165) is 15.8 Å². The average molecular weight is 382 g/mol. The second kappa shape index (κ2) is 7.52. The van der Waals surface area contributed by atoms with Crippen molar-refractivity contribution in [1.82, 2.24) is 0 Å². The van der Waals surface area contributed by atoms with E-state index in [9.17, 15) is 0 Å². The first-order chi connectivity index (χ1) is 10.5. The summed E-state index contributed by atoms with van der Waals surface area (Å²) in [5.41, 5.74) is 6.04. The van der Waals surface area contributed by atoms with Crippen LogP contribution >= 0.6 is 27.5 Å². The number of hydrogen-bond acceptors (Lipinski definition) is 1. The molecule has 0 aliphatic rings. The van der Waals surface area contributed by atoms with Crippen LogP contribution in [-0.4, -0.2) is 12.5 Å². The Labute approximate surface area is 146 Å². The van der Waals surface area contributed by atoms with Crippen molar-refractivity contribution in [3.05, 3.63) is 51.5 Å². The summed E-state index contributed by atoms with van der Waals surface area (Å²) in [5, 5.41) is 0. The predicted octanol–water partition coefficient (Wildman–Crippen LogP) is 6.47. The minimum Gasteiger partial charge on any atom is -0.490 e. The van der Waals surface area contributed by atoms with Crippen LogP contribution in [0.3, 0.4) is 0 Å². The zero-order valence-corrected chi connectivity index (χ0v) is 15.9. The number of aryl methyl sites for hydroxylation is 2. The third kappa shape index (κ3) is 3.67. The second-order valence-corrected chi connectivity index (χ2v) is 7.01. The lowest BCUT2D eigenvalue weighted by atomic mass is 9.94. The van der Waals surface area contributed by atoms with Gasteiger partial charge in [-0.15, -0.1) is 11.6 Å². The van der Waals surface area contributed by atoms with Gasteiger partial charge in [0.15, 0.2) is 0 Å². The number of ether oxygens (including phenoxy) is 1. The monoisotopic (exact) mass is 380 g/mol. The van der Waals surface area contributed by atoms with E-state index in [-0.39, 0.29) is 0 Å². The summed E-state index contributed by atoms with van der Waals surface area (Å²) in [6.07, 6.45) is 0. The SMILES string of the molecule is Cc1cc(C)c(-c2ccc(C(C)C)cc2)c(OCCCl)c1Br. The minimum absolute atomic E-state index is 0.477. The first-order valence-electron chi connectivity index (χ1n) is 7.54. The molecule has 0 unspecified atom stereocenters. The van der Waals surface area contributed by atoms with Crippen LogP contribution in [0.15, 0.2) is 34.8 Å². The Kier molecular flexibility index (Phi) is 5.94. The van der Waals surface area contributed by atoms with Crippen LogP contribution in [0.4, 0.5) is 0 Å². The molecule has 2 aromatic carbocycles. The molecule has 1 nitrogen and oxygen atoms in total. The molecule has 0 spiro atoms. The summed E-state index contributed by atoms with van der Waals surface area (Å²) >= 11 is 9.46. The molecule has 0 N–H and O–H groups in total. The lowest BCUT2D eigenvalue weighted by Gasteiger charge is -2.18. The molecule has 22 heavy (non-hydrogen) atoms. The molecular formula is C19H22BrClO. The van der Waals surface area contributed by atoms with Crippen molar-refractivity contribution in [2.24, 2.45) is 0 Å². The molecule has 118 valence electrons. The summed E-state index contributed by atoms with van der Waals surface area (Å²) in [7, 11) is 0. The van der Waals surface area contributed by atoms with Gasteiger partial charge in [0, 0.05) is 5.56 Å². The first kappa shape index (κ1) is 17.4. The van der Waals surface area contributed by atoms with Crippen LogP contribution in [0.25, 0.3) is 11.1 Å². The molecule has 0 atom stereocenters. The lowest BCUT2D eigenvalue weighted by Crippen LogP contribution is -2.03. The maximum Gasteiger partial charge on any atom is 0.141 e. The van der Waals surface area contributed by atoms with Gasteiger partial charge >= 0.3 is 0 Å². The summed E-state index contributed by atoms with van der Waals surface area (Å²) in [6.45, 7) is 9.12. The molecule has 0 heterocycles. The highest BCUT2D eigenvalue weighted by Crippen LogP contribution is 2.41. The van der Waals surface area contributed by atoms with Crippen LogP contribution in [0.2, 0.25) is 0 Å². The molecule has 0 aliphatic carbocycles. The van der Waals surface area contributed by atoms with Crippen molar-refractivity contribution in [1.29, 1.82) is 0 Å². The van der Waals surface area contributed by atoms with Gasteiger partial charge in [-0.05, 0) is 57.9 Å². The Bertz CT molecular complexity index is 647. The smallest absolute Gasteiger partial charge is 0.141 e. The molecule has 0 fully saturated rings. The van der Waals surface area contributed by atoms with Crippen molar-refractivity contribution < 1.29 is 4.74 Å². The van der Waals surface area contributed by atoms with Crippen LogP contribution in [0.5, 0.6) is 5.75 Å². The predicted molar refractivity (Wildman–Crippen MR) is 99.4 cm³/mol. The van der Waals surface area contributed by atoms with E-state index < -0.39 is 0 Å². The maximum absolute atomic E-state index is 5.93. The maximum atomic E-state index is 5.93. The Morgan fingerprint density at radius 1 is 1.09 bits per heavy atom. The summed E-state index contributed by atoms with van der Waals surface area (Å²) in [6, 6.07) is 10.9. The fraction of sp³-hybridized carbons (Fsp3) is 0.368. The third-order valence-electron chi connectivity index (χ3n) is 3.79. The summed E-state index contributed by atoms with van der Waals surface area (Å²) < 4.78 is 6.94. The largest absolute Gasteiger partial charge is 0.490 e. The molecule has 0 saturated heterocycles. The van der Waals surface area contributed by atoms with Crippen LogP contribution in [-0.2, 0) is 0 Å². The van der Waals surface area contributed by atoms with Gasteiger partial charge in [-0.25, -0.2) is 0 Å². The summed E-state index contributed by atoms with van der Waals surface area (Å²) in [5.74, 6) is 1.90. The van der Waals surface area contributed by atoms with Crippen molar-refractivity contribution in [3.63, 3.8) is 0 Å². The van der Waals surface area contributed by atoms with Crippen molar-refractivity contribution in [2.45, 2.75) is 33.6 Å². The highest BCUT2D eigenvalue weighted by atomic mass is 79.9. The quantitative estimate of drug-likeness (QED) is 0.539. The standard InChI is InChI=1S/C19H22BrClO/c1-12(2)15-5-7-16(8-6-15)17-13(3)11-14(4)18(20)19(17)22-10-9-21/h5-8,11-12H,9-10H2,1-4H3. The van der Waals surface area contributed by atoms with Crippen molar-refractivity contribution in [2.75, 3.05) is 12.5 Å². The van der Waals surface area contributed by atoms with Gasteiger partial charge in [0.2, 0.25) is 0 Å². The molecule has 0 saturated carbocycles. The Morgan fingerprint density at radius 3 is 2.27 bits per heavy atom. The van der Waals surface area contributed by atoms with Crippen molar-refractivity contribution >= 4 is 27.5 Å². The minimum atomic E-state index is 0.477. The molecule has 0 aliphatic heterocycles. The first-order valence-corrected chi connectivity index (χ1v) is 8.87. The van der Waals surface area contributed by atoms with Crippen molar-refractivity contribution in [3.8, 4) is 16.9 Å². The van der Waals surface area contributed by atoms with Gasteiger partial charge in [-0.1, -0.05) is 44.2 Å². The van der Waals surface area contributed by atoms with E-state index in [1.54, 1.807) is 0 Å². The van der Waals surface area contributed by atoms with E-state index >= 15 is 0 Å². The number of alkyl halides is 1. The molecule has 0 aromatic heterocycles. The molecule has 2 rings (SSSR count). The van der Waals surface area contributed by atoms with Gasteiger partial charge < -0.3 is 4.74 Å². The number of halogens is 2. The zero-order valence-electron chi connectivity index (χ0n) is 13.5. The van der Waals surface area contributed by atoms with Gasteiger partial charge in [0.05, 0.1) is 10.4 Å². The number of rotatable bonds is 5. The van der Waals surface area contributed by atoms with Gasteiger partial charge in [-0.3, -0.25) is 0 Å². The molecule has 3 heteroatoms. The van der Waals surface area contributed by atoms with Gasteiger partial charge in [-0.2, -0.15) is 0 Å². The van der Waals surface area contributed by atoms with Gasteiger partial charge in [0.1, 0.15) is 12.4 Å². The molecule has 0 amide bonds. The van der Waals surface area contributed by atoms with E-state index in [1.165, 1.54) is 22.3 Å². The highest BCUT2D eigenvalue weighted by molar-refractivity contribution is 9.10. The fourth-order valence-electron chi connectivity index (χ4n) is 2.60. The molecular weight excluding hydrogens is 360 g/mol. The van der Waals surface area contributed by atoms with E-state index in [4.69, 9.17) is 16.3 Å². The molecule has 0 bridgehead atoms.